The van der Waals surface area contributed by atoms with E-state index < -0.39 is 0 Å². The van der Waals surface area contributed by atoms with Crippen LogP contribution in [0.25, 0.3) is 0 Å². The molecule has 0 aromatic heterocycles. The lowest BCUT2D eigenvalue weighted by atomic mass is 10.1. The van der Waals surface area contributed by atoms with E-state index in [0.29, 0.717) is 6.10 Å². The van der Waals surface area contributed by atoms with Crippen LogP contribution in [-0.2, 0) is 4.74 Å². The minimum Gasteiger partial charge on any atom is -0.381 e. The van der Waals surface area contributed by atoms with Crippen molar-refractivity contribution in [3.05, 3.63) is 0 Å². The Morgan fingerprint density at radius 2 is 1.82 bits per heavy atom. The van der Waals surface area contributed by atoms with Gasteiger partial charge in [0.2, 0.25) is 0 Å². The fourth-order valence-corrected chi connectivity index (χ4v) is 1.37. The Morgan fingerprint density at radius 1 is 1.27 bits per heavy atom. The maximum Gasteiger partial charge on any atom is 0.0574 e. The summed E-state index contributed by atoms with van der Waals surface area (Å²) < 4.78 is 5.18. The van der Waals surface area contributed by atoms with Crippen LogP contribution in [0, 0.1) is 5.92 Å². The van der Waals surface area contributed by atoms with Gasteiger partial charge < -0.3 is 4.74 Å². The second kappa shape index (κ2) is 6.66. The highest BCUT2D eigenvalue weighted by Crippen LogP contribution is 2.26. The van der Waals surface area contributed by atoms with Crippen molar-refractivity contribution in [2.24, 2.45) is 5.92 Å². The fourth-order valence-electron chi connectivity index (χ4n) is 1.37. The predicted octanol–water partition coefficient (Wildman–Crippen LogP) is 3.24. The highest BCUT2D eigenvalue weighted by atomic mass is 16.5. The largest absolute Gasteiger partial charge is 0.381 e. The third-order valence-corrected chi connectivity index (χ3v) is 1.98. The van der Waals surface area contributed by atoms with Crippen LogP contribution in [0.2, 0.25) is 0 Å². The van der Waals surface area contributed by atoms with E-state index in [-0.39, 0.29) is 0 Å². The minimum atomic E-state index is 0.574. The molecule has 68 valence electrons. The Balaban J connectivity index is 0.000000292. The lowest BCUT2D eigenvalue weighted by molar-refractivity contribution is 0.106. The van der Waals surface area contributed by atoms with Crippen molar-refractivity contribution >= 4 is 0 Å². The molecule has 0 bridgehead atoms. The van der Waals surface area contributed by atoms with E-state index in [1.54, 1.807) is 0 Å². The first kappa shape index (κ1) is 11.0. The Hall–Kier alpha value is -0.0400. The molecule has 11 heavy (non-hydrogen) atoms. The van der Waals surface area contributed by atoms with Gasteiger partial charge in [0.15, 0.2) is 0 Å². The molecule has 1 aliphatic rings. The molecule has 0 aromatic rings. The standard InChI is InChI=1S/C7H14O.C3H8/c1-6-3-4-7(5-6)8-2;1-3-2/h6-7H,3-5H2,1-2H3;3H2,1-2H3/t6-,7+;/m1./s1. The normalized spacial score (nSPS) is 29.5. The van der Waals surface area contributed by atoms with Crippen LogP contribution in [0.5, 0.6) is 0 Å². The predicted molar refractivity (Wildman–Crippen MR) is 49.8 cm³/mol. The summed E-state index contributed by atoms with van der Waals surface area (Å²) in [4.78, 5) is 0. The molecule has 0 unspecified atom stereocenters. The molecule has 0 aromatic carbocycles. The van der Waals surface area contributed by atoms with E-state index >= 15 is 0 Å². The molecule has 1 fully saturated rings. The third kappa shape index (κ3) is 5.25. The molecule has 1 saturated carbocycles. The topological polar surface area (TPSA) is 9.23 Å². The first-order valence-electron chi connectivity index (χ1n) is 4.77. The van der Waals surface area contributed by atoms with Gasteiger partial charge in [0.25, 0.3) is 0 Å². The fraction of sp³-hybridized carbons (Fsp3) is 1.00. The van der Waals surface area contributed by atoms with Crippen LogP contribution in [-0.4, -0.2) is 13.2 Å². The monoisotopic (exact) mass is 158 g/mol. The van der Waals surface area contributed by atoms with Gasteiger partial charge in [-0.1, -0.05) is 27.2 Å². The van der Waals surface area contributed by atoms with Crippen LogP contribution in [0.4, 0.5) is 0 Å². The maximum absolute atomic E-state index is 5.18. The number of methoxy groups -OCH3 is 1. The van der Waals surface area contributed by atoms with Gasteiger partial charge >= 0.3 is 0 Å². The number of hydrogen-bond donors (Lipinski definition) is 0. The van der Waals surface area contributed by atoms with Crippen molar-refractivity contribution in [3.8, 4) is 0 Å². The number of hydrogen-bond acceptors (Lipinski definition) is 1. The Bertz CT molecular complexity index is 80.9. The van der Waals surface area contributed by atoms with E-state index in [0.717, 1.165) is 5.92 Å². The summed E-state index contributed by atoms with van der Waals surface area (Å²) in [5, 5.41) is 0. The highest BCUT2D eigenvalue weighted by Gasteiger charge is 2.19. The molecule has 1 nitrogen and oxygen atoms in total. The Kier molecular flexibility index (Phi) is 6.63. The van der Waals surface area contributed by atoms with Gasteiger partial charge in [-0.05, 0) is 25.2 Å². The van der Waals surface area contributed by atoms with E-state index in [4.69, 9.17) is 4.74 Å². The molecule has 0 radical (unpaired) electrons. The molecule has 1 rings (SSSR count). The van der Waals surface area contributed by atoms with E-state index in [9.17, 15) is 0 Å². The first-order chi connectivity index (χ1) is 5.24. The molecule has 1 aliphatic carbocycles. The van der Waals surface area contributed by atoms with Gasteiger partial charge in [-0.2, -0.15) is 0 Å². The molecule has 2 atom stereocenters. The van der Waals surface area contributed by atoms with Gasteiger partial charge in [-0.15, -0.1) is 0 Å². The van der Waals surface area contributed by atoms with Crippen LogP contribution in [0.1, 0.15) is 46.5 Å². The molecular formula is C10H22O. The summed E-state index contributed by atoms with van der Waals surface area (Å²) in [7, 11) is 1.81. The van der Waals surface area contributed by atoms with Crippen molar-refractivity contribution in [1.82, 2.24) is 0 Å². The number of rotatable bonds is 1. The molecule has 0 N–H and O–H groups in total. The van der Waals surface area contributed by atoms with Crippen molar-refractivity contribution < 1.29 is 4.74 Å². The van der Waals surface area contributed by atoms with Gasteiger partial charge in [0.05, 0.1) is 6.10 Å². The maximum atomic E-state index is 5.18. The molecule has 0 spiro atoms. The Labute approximate surface area is 71.1 Å². The molecule has 1 heteroatoms. The lowest BCUT2D eigenvalue weighted by Crippen LogP contribution is -2.03. The van der Waals surface area contributed by atoms with Crippen LogP contribution >= 0.6 is 0 Å². The van der Waals surface area contributed by atoms with Crippen molar-refractivity contribution in [2.45, 2.75) is 52.6 Å². The second-order valence-electron chi connectivity index (χ2n) is 3.48. The first-order valence-corrected chi connectivity index (χ1v) is 4.77. The molecule has 0 aliphatic heterocycles. The van der Waals surface area contributed by atoms with Gasteiger partial charge in [0, 0.05) is 7.11 Å². The summed E-state index contributed by atoms with van der Waals surface area (Å²) in [5.41, 5.74) is 0. The van der Waals surface area contributed by atoms with Crippen LogP contribution in [0.15, 0.2) is 0 Å². The van der Waals surface area contributed by atoms with Gasteiger partial charge in [-0.3, -0.25) is 0 Å². The summed E-state index contributed by atoms with van der Waals surface area (Å²) >= 11 is 0. The number of ether oxygens (including phenoxy) is 1. The highest BCUT2D eigenvalue weighted by molar-refractivity contribution is 4.71. The van der Waals surface area contributed by atoms with Crippen molar-refractivity contribution in [2.75, 3.05) is 7.11 Å². The average molecular weight is 158 g/mol. The van der Waals surface area contributed by atoms with Crippen molar-refractivity contribution in [1.29, 1.82) is 0 Å². The molecule has 0 heterocycles. The van der Waals surface area contributed by atoms with Crippen LogP contribution < -0.4 is 0 Å². The van der Waals surface area contributed by atoms with E-state index in [1.807, 2.05) is 7.11 Å². The van der Waals surface area contributed by atoms with E-state index in [1.165, 1.54) is 25.7 Å². The molecular weight excluding hydrogens is 136 g/mol. The molecule has 0 saturated heterocycles. The minimum absolute atomic E-state index is 0.574. The summed E-state index contributed by atoms with van der Waals surface area (Å²) in [5.74, 6) is 0.903. The average Bonchev–Trinajstić information content (AvgIpc) is 2.37. The zero-order valence-corrected chi connectivity index (χ0v) is 8.39. The van der Waals surface area contributed by atoms with Gasteiger partial charge in [-0.25, -0.2) is 0 Å². The Morgan fingerprint density at radius 3 is 2.00 bits per heavy atom. The smallest absolute Gasteiger partial charge is 0.0574 e. The lowest BCUT2D eigenvalue weighted by Gasteiger charge is -2.04. The second-order valence-corrected chi connectivity index (χ2v) is 3.48. The summed E-state index contributed by atoms with van der Waals surface area (Å²) in [6, 6.07) is 0. The van der Waals surface area contributed by atoms with Crippen molar-refractivity contribution in [3.63, 3.8) is 0 Å². The third-order valence-electron chi connectivity index (χ3n) is 1.98. The zero-order chi connectivity index (χ0) is 8.69. The SMILES string of the molecule is CCC.CO[C@H]1CC[C@@H](C)C1. The van der Waals surface area contributed by atoms with Crippen LogP contribution in [0.3, 0.4) is 0 Å². The zero-order valence-electron chi connectivity index (χ0n) is 8.39. The quantitative estimate of drug-likeness (QED) is 0.569. The van der Waals surface area contributed by atoms with Gasteiger partial charge in [0.1, 0.15) is 0 Å². The summed E-state index contributed by atoms with van der Waals surface area (Å²) in [6.45, 7) is 6.54. The van der Waals surface area contributed by atoms with E-state index in [2.05, 4.69) is 20.8 Å². The summed E-state index contributed by atoms with van der Waals surface area (Å²) in [6.07, 6.45) is 5.73. The molecule has 0 amide bonds.